The van der Waals surface area contributed by atoms with Gasteiger partial charge in [-0.1, -0.05) is 13.8 Å². The van der Waals surface area contributed by atoms with Gasteiger partial charge in [-0.2, -0.15) is 0 Å². The Morgan fingerprint density at radius 1 is 1.19 bits per heavy atom. The summed E-state index contributed by atoms with van der Waals surface area (Å²) < 4.78 is 0. The van der Waals surface area contributed by atoms with Crippen molar-refractivity contribution >= 4 is 0 Å². The van der Waals surface area contributed by atoms with Gasteiger partial charge in [0.15, 0.2) is 0 Å². The number of rotatable bonds is 3. The molecule has 2 aliphatic rings. The molecule has 0 N–H and O–H groups in total. The highest BCUT2D eigenvalue weighted by molar-refractivity contribution is 4.96. The second-order valence-corrected chi connectivity index (χ2v) is 6.17. The summed E-state index contributed by atoms with van der Waals surface area (Å²) in [6.45, 7) is 13.5. The molecule has 0 bridgehead atoms. The Morgan fingerprint density at radius 2 is 1.94 bits per heavy atom. The molecule has 0 radical (unpaired) electrons. The van der Waals surface area contributed by atoms with Gasteiger partial charge < -0.3 is 0 Å². The topological polar surface area (TPSA) is 6.48 Å². The van der Waals surface area contributed by atoms with Crippen LogP contribution in [0.4, 0.5) is 0 Å². The average molecular weight is 224 g/mol. The molecule has 0 aromatic heterocycles. The normalized spacial score (nSPS) is 33.0. The Labute approximate surface area is 101 Å². The largest absolute Gasteiger partial charge is 0.298 e. The summed E-state index contributed by atoms with van der Waals surface area (Å²) >= 11 is 0. The van der Waals surface area contributed by atoms with Crippen molar-refractivity contribution in [1.82, 2.24) is 9.80 Å². The van der Waals surface area contributed by atoms with Crippen LogP contribution in [0.25, 0.3) is 0 Å². The zero-order chi connectivity index (χ0) is 11.8. The molecule has 2 saturated heterocycles. The summed E-state index contributed by atoms with van der Waals surface area (Å²) in [5.74, 6) is 0. The van der Waals surface area contributed by atoms with Crippen molar-refractivity contribution in [3.63, 3.8) is 0 Å². The van der Waals surface area contributed by atoms with Crippen molar-refractivity contribution in [2.24, 2.45) is 0 Å². The fourth-order valence-corrected chi connectivity index (χ4v) is 3.38. The minimum absolute atomic E-state index is 0.384. The van der Waals surface area contributed by atoms with E-state index in [4.69, 9.17) is 0 Å². The van der Waals surface area contributed by atoms with Crippen LogP contribution in [-0.4, -0.2) is 47.1 Å². The average Bonchev–Trinajstić information content (AvgIpc) is 2.74. The van der Waals surface area contributed by atoms with E-state index in [1.807, 2.05) is 0 Å². The molecule has 2 heterocycles. The predicted molar refractivity (Wildman–Crippen MR) is 69.8 cm³/mol. The third-order valence-corrected chi connectivity index (χ3v) is 4.91. The second kappa shape index (κ2) is 4.66. The number of piperazine rings is 1. The Bertz CT molecular complexity index is 237. The first-order valence-electron chi connectivity index (χ1n) is 7.09. The van der Waals surface area contributed by atoms with Crippen LogP contribution in [0.1, 0.15) is 53.4 Å². The molecule has 94 valence electrons. The van der Waals surface area contributed by atoms with E-state index in [1.54, 1.807) is 0 Å². The summed E-state index contributed by atoms with van der Waals surface area (Å²) in [5.41, 5.74) is 0.384. The molecule has 2 nitrogen and oxygen atoms in total. The molecule has 2 unspecified atom stereocenters. The van der Waals surface area contributed by atoms with Crippen LogP contribution >= 0.6 is 0 Å². The lowest BCUT2D eigenvalue weighted by Crippen LogP contribution is -2.61. The lowest BCUT2D eigenvalue weighted by molar-refractivity contribution is -0.0184. The highest BCUT2D eigenvalue weighted by Crippen LogP contribution is 2.31. The molecular formula is C14H28N2. The fourth-order valence-electron chi connectivity index (χ4n) is 3.38. The molecule has 0 aliphatic carbocycles. The molecule has 0 aromatic rings. The van der Waals surface area contributed by atoms with Gasteiger partial charge in [0.2, 0.25) is 0 Å². The van der Waals surface area contributed by atoms with Gasteiger partial charge in [-0.3, -0.25) is 9.80 Å². The van der Waals surface area contributed by atoms with Gasteiger partial charge in [0.1, 0.15) is 0 Å². The number of hydrogen-bond acceptors (Lipinski definition) is 2. The van der Waals surface area contributed by atoms with Crippen LogP contribution in [0.3, 0.4) is 0 Å². The van der Waals surface area contributed by atoms with Crippen molar-refractivity contribution in [2.75, 3.05) is 19.6 Å². The smallest absolute Gasteiger partial charge is 0.0226 e. The summed E-state index contributed by atoms with van der Waals surface area (Å²) in [4.78, 5) is 5.52. The molecule has 16 heavy (non-hydrogen) atoms. The van der Waals surface area contributed by atoms with Crippen LogP contribution in [-0.2, 0) is 0 Å². The second-order valence-electron chi connectivity index (χ2n) is 6.17. The standard InChI is InChI=1S/C14H28N2/c1-5-12-10-15-9-7-8-13(15)11-16(12)14(3,4)6-2/h12-13H,5-11H2,1-4H3. The van der Waals surface area contributed by atoms with Gasteiger partial charge in [-0.05, 0) is 46.1 Å². The van der Waals surface area contributed by atoms with E-state index in [-0.39, 0.29) is 0 Å². The maximum atomic E-state index is 2.79. The van der Waals surface area contributed by atoms with E-state index in [0.717, 1.165) is 12.1 Å². The summed E-state index contributed by atoms with van der Waals surface area (Å²) in [6, 6.07) is 1.64. The molecule has 0 amide bonds. The van der Waals surface area contributed by atoms with Crippen LogP contribution in [0.5, 0.6) is 0 Å². The zero-order valence-electron chi connectivity index (χ0n) is 11.5. The van der Waals surface area contributed by atoms with E-state index in [2.05, 4.69) is 37.5 Å². The molecule has 2 rings (SSSR count). The first-order chi connectivity index (χ1) is 7.58. The van der Waals surface area contributed by atoms with Gasteiger partial charge in [0.05, 0.1) is 0 Å². The van der Waals surface area contributed by atoms with E-state index in [1.165, 1.54) is 45.3 Å². The van der Waals surface area contributed by atoms with E-state index < -0.39 is 0 Å². The van der Waals surface area contributed by atoms with E-state index in [0.29, 0.717) is 5.54 Å². The van der Waals surface area contributed by atoms with Gasteiger partial charge in [-0.15, -0.1) is 0 Å². The first-order valence-corrected chi connectivity index (χ1v) is 7.09. The molecule has 0 saturated carbocycles. The zero-order valence-corrected chi connectivity index (χ0v) is 11.5. The Balaban J connectivity index is 2.10. The van der Waals surface area contributed by atoms with Crippen LogP contribution in [0, 0.1) is 0 Å². The van der Waals surface area contributed by atoms with Gasteiger partial charge in [0.25, 0.3) is 0 Å². The summed E-state index contributed by atoms with van der Waals surface area (Å²) in [7, 11) is 0. The Kier molecular flexibility index (Phi) is 3.60. The van der Waals surface area contributed by atoms with E-state index in [9.17, 15) is 0 Å². The SMILES string of the molecule is CCC1CN2CCCC2CN1C(C)(C)CC. The highest BCUT2D eigenvalue weighted by atomic mass is 15.3. The van der Waals surface area contributed by atoms with Crippen molar-refractivity contribution in [1.29, 1.82) is 0 Å². The fraction of sp³-hybridized carbons (Fsp3) is 1.00. The monoisotopic (exact) mass is 224 g/mol. The van der Waals surface area contributed by atoms with Gasteiger partial charge in [-0.25, -0.2) is 0 Å². The van der Waals surface area contributed by atoms with Gasteiger partial charge in [0, 0.05) is 30.7 Å². The highest BCUT2D eigenvalue weighted by Gasteiger charge is 2.40. The third kappa shape index (κ3) is 2.14. The Morgan fingerprint density at radius 3 is 2.56 bits per heavy atom. The number of fused-ring (bicyclic) bond motifs is 1. The molecule has 2 atom stereocenters. The molecule has 2 fully saturated rings. The minimum atomic E-state index is 0.384. The molecule has 2 heteroatoms. The predicted octanol–water partition coefficient (Wildman–Crippen LogP) is 2.73. The number of nitrogens with zero attached hydrogens (tertiary/aromatic N) is 2. The van der Waals surface area contributed by atoms with Crippen molar-refractivity contribution in [3.8, 4) is 0 Å². The lowest BCUT2D eigenvalue weighted by atomic mass is 9.92. The Hall–Kier alpha value is -0.0800. The van der Waals surface area contributed by atoms with E-state index >= 15 is 0 Å². The van der Waals surface area contributed by atoms with Crippen molar-refractivity contribution < 1.29 is 0 Å². The maximum Gasteiger partial charge on any atom is 0.0226 e. The number of hydrogen-bond donors (Lipinski definition) is 0. The third-order valence-electron chi connectivity index (χ3n) is 4.91. The van der Waals surface area contributed by atoms with Crippen molar-refractivity contribution in [2.45, 2.75) is 71.0 Å². The van der Waals surface area contributed by atoms with Crippen LogP contribution in [0.2, 0.25) is 0 Å². The summed E-state index contributed by atoms with van der Waals surface area (Å²) in [6.07, 6.45) is 5.40. The first kappa shape index (κ1) is 12.4. The van der Waals surface area contributed by atoms with Crippen molar-refractivity contribution in [3.05, 3.63) is 0 Å². The quantitative estimate of drug-likeness (QED) is 0.727. The molecular weight excluding hydrogens is 196 g/mol. The minimum Gasteiger partial charge on any atom is -0.298 e. The van der Waals surface area contributed by atoms with Crippen LogP contribution < -0.4 is 0 Å². The van der Waals surface area contributed by atoms with Gasteiger partial charge >= 0.3 is 0 Å². The maximum absolute atomic E-state index is 2.79. The van der Waals surface area contributed by atoms with Crippen LogP contribution in [0.15, 0.2) is 0 Å². The molecule has 0 aromatic carbocycles. The molecule has 2 aliphatic heterocycles. The molecule has 0 spiro atoms. The lowest BCUT2D eigenvalue weighted by Gasteiger charge is -2.50. The summed E-state index contributed by atoms with van der Waals surface area (Å²) in [5, 5.41) is 0.